The van der Waals surface area contributed by atoms with Gasteiger partial charge in [0.15, 0.2) is 0 Å². The Morgan fingerprint density at radius 1 is 1.22 bits per heavy atom. The molecule has 0 fully saturated rings. The summed E-state index contributed by atoms with van der Waals surface area (Å²) in [7, 11) is 0. The monoisotopic (exact) mass is 294 g/mol. The third-order valence-electron chi connectivity index (χ3n) is 0.932. The van der Waals surface area contributed by atoms with Crippen molar-refractivity contribution >= 4 is 42.6 Å². The van der Waals surface area contributed by atoms with E-state index in [0.29, 0.717) is 0 Å². The van der Waals surface area contributed by atoms with Crippen molar-refractivity contribution in [3.8, 4) is 0 Å². The molecule has 46 valence electrons. The molecule has 1 nitrogen and oxygen atoms in total. The van der Waals surface area contributed by atoms with Gasteiger partial charge in [0.25, 0.3) is 0 Å². The van der Waals surface area contributed by atoms with Crippen molar-refractivity contribution in [1.29, 1.82) is 0 Å². The van der Waals surface area contributed by atoms with E-state index in [4.69, 9.17) is 0 Å². The van der Waals surface area contributed by atoms with Crippen molar-refractivity contribution in [3.05, 3.63) is 27.8 Å². The van der Waals surface area contributed by atoms with Gasteiger partial charge in [-0.05, 0) is 0 Å². The minimum absolute atomic E-state index is 0.832. The molecule has 0 unspecified atom stereocenters. The maximum atomic E-state index is 10.3. The number of rotatable bonds is 1. The normalized spacial score (nSPS) is 9.89. The van der Waals surface area contributed by atoms with Gasteiger partial charge in [-0.1, -0.05) is 0 Å². The minimum atomic E-state index is -0.832. The molecule has 0 spiro atoms. The number of benzene rings is 1. The molecule has 0 radical (unpaired) electrons. The Balaban J connectivity index is 3.01. The molecule has 0 saturated carbocycles. The molecule has 0 saturated heterocycles. The average molecular weight is 294 g/mol. The summed E-state index contributed by atoms with van der Waals surface area (Å²) in [6, 6.07) is 7.72. The van der Waals surface area contributed by atoms with E-state index in [2.05, 4.69) is 22.6 Å². The van der Waals surface area contributed by atoms with Crippen molar-refractivity contribution in [2.45, 2.75) is 0 Å². The van der Waals surface area contributed by atoms with Gasteiger partial charge in [0, 0.05) is 0 Å². The van der Waals surface area contributed by atoms with Crippen LogP contribution in [0.2, 0.25) is 0 Å². The van der Waals surface area contributed by atoms with Crippen LogP contribution in [0, 0.1) is 3.57 Å². The summed E-state index contributed by atoms with van der Waals surface area (Å²) in [5.41, 5.74) is 0. The van der Waals surface area contributed by atoms with E-state index in [1.165, 1.54) is 3.57 Å². The summed E-state index contributed by atoms with van der Waals surface area (Å²) in [5.74, 6) is 0. The van der Waals surface area contributed by atoms with E-state index < -0.39 is 15.7 Å². The molecule has 9 heavy (non-hydrogen) atoms. The van der Waals surface area contributed by atoms with Crippen LogP contribution < -0.4 is 4.35 Å². The third kappa shape index (κ3) is 2.18. The van der Waals surface area contributed by atoms with Crippen LogP contribution in [-0.4, -0.2) is 15.7 Å². The molecule has 1 rings (SSSR count). The van der Waals surface area contributed by atoms with Crippen LogP contribution in [0.25, 0.3) is 0 Å². The summed E-state index contributed by atoms with van der Waals surface area (Å²) in [5, 5.41) is 0. The van der Waals surface area contributed by atoms with Gasteiger partial charge in [-0.25, -0.2) is 0 Å². The second-order valence-corrected chi connectivity index (χ2v) is 4.28. The number of hydrogen-bond donors (Lipinski definition) is 0. The van der Waals surface area contributed by atoms with Gasteiger partial charge in [0.05, 0.1) is 0 Å². The van der Waals surface area contributed by atoms with Gasteiger partial charge in [-0.2, -0.15) is 0 Å². The molecule has 0 N–H and O–H groups in total. The first-order valence-corrected chi connectivity index (χ1v) is 5.20. The number of halogens is 1. The Morgan fingerprint density at radius 2 is 1.78 bits per heavy atom. The van der Waals surface area contributed by atoms with Gasteiger partial charge in [0.2, 0.25) is 0 Å². The molecule has 0 aliphatic carbocycles. The molecule has 1 aromatic carbocycles. The topological polar surface area (TPSA) is 17.1 Å². The Morgan fingerprint density at radius 3 is 2.22 bits per heavy atom. The van der Waals surface area contributed by atoms with Crippen molar-refractivity contribution in [2.24, 2.45) is 0 Å². The van der Waals surface area contributed by atoms with Gasteiger partial charge >= 0.3 is 74.2 Å². The molecule has 0 aromatic heterocycles. The van der Waals surface area contributed by atoms with Crippen LogP contribution in [0.15, 0.2) is 24.3 Å². The van der Waals surface area contributed by atoms with Crippen molar-refractivity contribution in [2.75, 3.05) is 0 Å². The Bertz CT molecular complexity index is 207. The summed E-state index contributed by atoms with van der Waals surface area (Å²) >= 11 is 1.39. The zero-order chi connectivity index (χ0) is 6.69. The molecular weight excluding hydrogens is 290 g/mol. The fraction of sp³-hybridized carbons (Fsp3) is 0. The predicted molar refractivity (Wildman–Crippen MR) is 45.2 cm³/mol. The van der Waals surface area contributed by atoms with Crippen LogP contribution in [0.5, 0.6) is 0 Å². The zero-order valence-electron chi connectivity index (χ0n) is 4.54. The van der Waals surface area contributed by atoms with Gasteiger partial charge in [0.1, 0.15) is 0 Å². The Kier molecular flexibility index (Phi) is 2.86. The van der Waals surface area contributed by atoms with E-state index >= 15 is 0 Å². The standard InChI is InChI=1S/C6H4AsIO/c8-6-3-1-5(7-9)2-4-6/h1-4H. The number of hydrogen-bond acceptors (Lipinski definition) is 1. The summed E-state index contributed by atoms with van der Waals surface area (Å²) < 4.78 is 12.5. The fourth-order valence-electron chi connectivity index (χ4n) is 0.502. The molecule has 0 atom stereocenters. The summed E-state index contributed by atoms with van der Waals surface area (Å²) in [6.45, 7) is 0. The van der Waals surface area contributed by atoms with Crippen molar-refractivity contribution in [3.63, 3.8) is 0 Å². The predicted octanol–water partition coefficient (Wildman–Crippen LogP) is 0.966. The Labute approximate surface area is 73.9 Å². The second-order valence-electron chi connectivity index (χ2n) is 1.57. The van der Waals surface area contributed by atoms with Crippen molar-refractivity contribution < 1.29 is 3.74 Å². The van der Waals surface area contributed by atoms with E-state index in [-0.39, 0.29) is 0 Å². The quantitative estimate of drug-likeness (QED) is 0.557. The van der Waals surface area contributed by atoms with Crippen LogP contribution in [0.4, 0.5) is 0 Å². The average Bonchev–Trinajstić information content (AvgIpc) is 1.90. The van der Waals surface area contributed by atoms with Crippen LogP contribution in [0.3, 0.4) is 0 Å². The first-order chi connectivity index (χ1) is 4.33. The maximum absolute atomic E-state index is 10.3. The fourth-order valence-corrected chi connectivity index (χ4v) is 1.43. The van der Waals surface area contributed by atoms with Gasteiger partial charge in [-0.3, -0.25) is 0 Å². The molecule has 3 heteroatoms. The molecular formula is C6H4AsIO. The van der Waals surface area contributed by atoms with E-state index in [1.54, 1.807) is 0 Å². The summed E-state index contributed by atoms with van der Waals surface area (Å²) in [6.07, 6.45) is 0. The van der Waals surface area contributed by atoms with E-state index in [0.717, 1.165) is 4.35 Å². The van der Waals surface area contributed by atoms with Crippen LogP contribution >= 0.6 is 22.6 Å². The second kappa shape index (κ2) is 3.47. The summed E-state index contributed by atoms with van der Waals surface area (Å²) in [4.78, 5) is 0. The molecule has 0 bridgehead atoms. The van der Waals surface area contributed by atoms with Gasteiger partial charge in [-0.15, -0.1) is 0 Å². The molecule has 1 aromatic rings. The van der Waals surface area contributed by atoms with Crippen LogP contribution in [-0.2, 0) is 3.74 Å². The molecule has 0 heterocycles. The van der Waals surface area contributed by atoms with E-state index in [1.807, 2.05) is 24.3 Å². The first kappa shape index (κ1) is 7.42. The van der Waals surface area contributed by atoms with E-state index in [9.17, 15) is 3.74 Å². The van der Waals surface area contributed by atoms with Crippen LogP contribution in [0.1, 0.15) is 0 Å². The first-order valence-electron chi connectivity index (χ1n) is 2.42. The molecule has 0 aliphatic rings. The van der Waals surface area contributed by atoms with Crippen molar-refractivity contribution in [1.82, 2.24) is 0 Å². The van der Waals surface area contributed by atoms with Gasteiger partial charge < -0.3 is 0 Å². The molecule has 0 aliphatic heterocycles. The third-order valence-corrected chi connectivity index (χ3v) is 2.72. The zero-order valence-corrected chi connectivity index (χ0v) is 8.58. The Hall–Kier alpha value is 0.308. The molecule has 0 amide bonds. The SMILES string of the molecule is O=[As]c1ccc(I)cc1.